The van der Waals surface area contributed by atoms with Gasteiger partial charge < -0.3 is 4.74 Å². The molecule has 0 bridgehead atoms. The molecule has 0 aromatic heterocycles. The number of nitrogens with zero attached hydrogens (tertiary/aromatic N) is 2. The summed E-state index contributed by atoms with van der Waals surface area (Å²) >= 11 is 0. The van der Waals surface area contributed by atoms with Gasteiger partial charge in [-0.25, -0.2) is 11.4 Å². The second-order valence-electron chi connectivity index (χ2n) is 4.34. The fourth-order valence-electron chi connectivity index (χ4n) is 1.05. The Bertz CT molecular complexity index is 301. The predicted molar refractivity (Wildman–Crippen MR) is 55.7 cm³/mol. The molecular formula is C11H16N2O2. The molecule has 0 saturated carbocycles. The summed E-state index contributed by atoms with van der Waals surface area (Å²) in [6.07, 6.45) is 0.803. The molecule has 4 nitrogen and oxygen atoms in total. The number of nitriles is 1. The van der Waals surface area contributed by atoms with Crippen LogP contribution in [0, 0.1) is 17.9 Å². The monoisotopic (exact) mass is 208 g/mol. The Morgan fingerprint density at radius 2 is 2.07 bits per heavy atom. The van der Waals surface area contributed by atoms with E-state index < -0.39 is 17.1 Å². The highest BCUT2D eigenvalue weighted by atomic mass is 16.6. The first-order valence-electron chi connectivity index (χ1n) is 4.84. The summed E-state index contributed by atoms with van der Waals surface area (Å²) in [5, 5.41) is 8.91. The number of ether oxygens (including phenoxy) is 1. The Kier molecular flexibility index (Phi) is 4.30. The molecule has 0 fully saturated rings. The van der Waals surface area contributed by atoms with Gasteiger partial charge in [0.05, 0.1) is 6.42 Å². The Morgan fingerprint density at radius 1 is 1.53 bits per heavy atom. The number of hydrogen-bond donors (Lipinski definition) is 0. The zero-order valence-corrected chi connectivity index (χ0v) is 9.63. The van der Waals surface area contributed by atoms with Gasteiger partial charge >= 0.3 is 11.5 Å². The first-order valence-corrected chi connectivity index (χ1v) is 4.84. The Hall–Kier alpha value is -1.55. The number of rotatable bonds is 3. The molecule has 0 N–H and O–H groups in total. The van der Waals surface area contributed by atoms with Crippen LogP contribution in [0.1, 0.15) is 40.5 Å². The normalized spacial score (nSPS) is 14.5. The van der Waals surface area contributed by atoms with E-state index in [-0.39, 0.29) is 6.42 Å². The third kappa shape index (κ3) is 3.59. The van der Waals surface area contributed by atoms with Crippen molar-refractivity contribution in [3.8, 4) is 6.07 Å². The van der Waals surface area contributed by atoms with Gasteiger partial charge in [-0.05, 0) is 27.2 Å². The highest BCUT2D eigenvalue weighted by Crippen LogP contribution is 2.22. The van der Waals surface area contributed by atoms with Crippen LogP contribution in [0.5, 0.6) is 0 Å². The highest BCUT2D eigenvalue weighted by molar-refractivity contribution is 5.87. The van der Waals surface area contributed by atoms with Gasteiger partial charge in [-0.2, -0.15) is 5.26 Å². The van der Waals surface area contributed by atoms with E-state index in [4.69, 9.17) is 16.6 Å². The molecule has 0 saturated heterocycles. The molecule has 0 radical (unpaired) electrons. The molecule has 0 aromatic rings. The van der Waals surface area contributed by atoms with Gasteiger partial charge in [0.1, 0.15) is 5.60 Å². The van der Waals surface area contributed by atoms with Crippen LogP contribution in [-0.2, 0) is 9.53 Å². The van der Waals surface area contributed by atoms with Crippen molar-refractivity contribution in [1.29, 1.82) is 5.26 Å². The third-order valence-electron chi connectivity index (χ3n) is 1.72. The zero-order valence-electron chi connectivity index (χ0n) is 9.63. The molecule has 0 aliphatic carbocycles. The first-order chi connectivity index (χ1) is 6.81. The van der Waals surface area contributed by atoms with Gasteiger partial charge in [0.15, 0.2) is 6.07 Å². The van der Waals surface area contributed by atoms with Crippen molar-refractivity contribution in [1.82, 2.24) is 0 Å². The van der Waals surface area contributed by atoms with Crippen LogP contribution >= 0.6 is 0 Å². The summed E-state index contributed by atoms with van der Waals surface area (Å²) in [6.45, 7) is 13.9. The molecule has 1 unspecified atom stereocenters. The fraction of sp³-hybridized carbons (Fsp3) is 0.727. The lowest BCUT2D eigenvalue weighted by Gasteiger charge is -2.22. The van der Waals surface area contributed by atoms with Crippen LogP contribution in [0.4, 0.5) is 0 Å². The van der Waals surface area contributed by atoms with E-state index in [2.05, 4.69) is 4.85 Å². The molecule has 0 heterocycles. The lowest BCUT2D eigenvalue weighted by atomic mass is 9.96. The maximum absolute atomic E-state index is 11.7. The van der Waals surface area contributed by atoms with Crippen molar-refractivity contribution in [2.45, 2.75) is 51.7 Å². The summed E-state index contributed by atoms with van der Waals surface area (Å²) in [5.74, 6) is -0.741. The molecule has 82 valence electrons. The second kappa shape index (κ2) is 4.79. The maximum atomic E-state index is 11.7. The van der Waals surface area contributed by atoms with E-state index in [1.54, 1.807) is 26.8 Å². The molecule has 0 aromatic carbocycles. The molecule has 0 rings (SSSR count). The van der Waals surface area contributed by atoms with Crippen LogP contribution in [0.2, 0.25) is 0 Å². The van der Waals surface area contributed by atoms with E-state index in [0.29, 0.717) is 6.42 Å². The average molecular weight is 208 g/mol. The van der Waals surface area contributed by atoms with Crippen LogP contribution < -0.4 is 0 Å². The van der Waals surface area contributed by atoms with Gasteiger partial charge in [-0.15, -0.1) is 0 Å². The molecule has 0 spiro atoms. The van der Waals surface area contributed by atoms with Crippen LogP contribution in [0.15, 0.2) is 0 Å². The Labute approximate surface area is 90.7 Å². The van der Waals surface area contributed by atoms with E-state index in [9.17, 15) is 4.79 Å². The maximum Gasteiger partial charge on any atom is 0.409 e. The summed E-state index contributed by atoms with van der Waals surface area (Å²) in [6, 6.07) is 1.76. The van der Waals surface area contributed by atoms with Crippen molar-refractivity contribution in [3.05, 3.63) is 11.4 Å². The van der Waals surface area contributed by atoms with Gasteiger partial charge in [0, 0.05) is 0 Å². The van der Waals surface area contributed by atoms with E-state index in [1.807, 2.05) is 6.92 Å². The predicted octanol–water partition coefficient (Wildman–Crippen LogP) is 2.31. The molecule has 0 aliphatic heterocycles. The summed E-state index contributed by atoms with van der Waals surface area (Å²) in [5.41, 5.74) is -2.33. The van der Waals surface area contributed by atoms with E-state index in [0.717, 1.165) is 0 Å². The smallest absolute Gasteiger partial charge is 0.409 e. The first kappa shape index (κ1) is 13.4. The van der Waals surface area contributed by atoms with Crippen LogP contribution in [0.3, 0.4) is 0 Å². The fourth-order valence-corrected chi connectivity index (χ4v) is 1.05. The average Bonchev–Trinajstić information content (AvgIpc) is 2.11. The molecule has 4 heteroatoms. The third-order valence-corrected chi connectivity index (χ3v) is 1.72. The van der Waals surface area contributed by atoms with E-state index in [1.165, 1.54) is 0 Å². The number of carbonyl (C=O) groups is 1. The molecule has 15 heavy (non-hydrogen) atoms. The highest BCUT2D eigenvalue weighted by Gasteiger charge is 2.48. The van der Waals surface area contributed by atoms with Crippen molar-refractivity contribution < 1.29 is 9.53 Å². The summed E-state index contributed by atoms with van der Waals surface area (Å²) in [7, 11) is 0. The number of carbonyl (C=O) groups excluding carboxylic acids is 1. The summed E-state index contributed by atoms with van der Waals surface area (Å²) < 4.78 is 5.06. The minimum absolute atomic E-state index is 0.210. The van der Waals surface area contributed by atoms with Crippen molar-refractivity contribution in [2.75, 3.05) is 0 Å². The lowest BCUT2D eigenvalue weighted by Crippen LogP contribution is -2.39. The topological polar surface area (TPSA) is 54.5 Å². The van der Waals surface area contributed by atoms with Gasteiger partial charge in [-0.3, -0.25) is 4.85 Å². The number of hydrogen-bond acceptors (Lipinski definition) is 3. The molecule has 1 atom stereocenters. The van der Waals surface area contributed by atoms with Crippen LogP contribution in [0.25, 0.3) is 4.85 Å². The van der Waals surface area contributed by atoms with Crippen molar-refractivity contribution in [3.63, 3.8) is 0 Å². The van der Waals surface area contributed by atoms with Gasteiger partial charge in [-0.1, -0.05) is 6.92 Å². The minimum Gasteiger partial charge on any atom is -0.453 e. The molecular weight excluding hydrogens is 192 g/mol. The molecule has 0 aliphatic rings. The second-order valence-corrected chi connectivity index (χ2v) is 4.34. The van der Waals surface area contributed by atoms with E-state index >= 15 is 0 Å². The SMILES string of the molecule is [C-]#[N+]C(C#N)(CCC)C(=O)OC(C)(C)C. The zero-order chi connectivity index (χ0) is 12.1. The van der Waals surface area contributed by atoms with Crippen LogP contribution in [-0.4, -0.2) is 17.1 Å². The standard InChI is InChI=1S/C11H16N2O2/c1-6-7-11(8-12,13-5)9(14)15-10(2,3)4/h6-7H2,1-4H3. The lowest BCUT2D eigenvalue weighted by molar-refractivity contribution is -0.158. The van der Waals surface area contributed by atoms with Crippen molar-refractivity contribution >= 4 is 5.97 Å². The van der Waals surface area contributed by atoms with Crippen molar-refractivity contribution in [2.24, 2.45) is 0 Å². The largest absolute Gasteiger partial charge is 0.453 e. The molecule has 0 amide bonds. The Balaban J connectivity index is 4.90. The summed E-state index contributed by atoms with van der Waals surface area (Å²) in [4.78, 5) is 14.8. The van der Waals surface area contributed by atoms with Gasteiger partial charge in [0.25, 0.3) is 0 Å². The minimum atomic E-state index is -1.66. The number of esters is 1. The van der Waals surface area contributed by atoms with Gasteiger partial charge in [0.2, 0.25) is 0 Å². The Morgan fingerprint density at radius 3 is 2.33 bits per heavy atom. The quantitative estimate of drug-likeness (QED) is 0.528.